The number of hydrogen-bond donors (Lipinski definition) is 2. The predicted molar refractivity (Wildman–Crippen MR) is 115 cm³/mol. The Morgan fingerprint density at radius 2 is 1.76 bits per heavy atom. The van der Waals surface area contributed by atoms with Gasteiger partial charge in [0.25, 0.3) is 0 Å². The average Bonchev–Trinajstić information content (AvgIpc) is 2.74. The highest BCUT2D eigenvalue weighted by atomic mass is 35.5. The molecular weight excluding hydrogens is 388 g/mol. The fourth-order valence-corrected chi connectivity index (χ4v) is 3.37. The summed E-state index contributed by atoms with van der Waals surface area (Å²) < 4.78 is 0. The molecule has 0 aliphatic carbocycles. The van der Waals surface area contributed by atoms with Crippen molar-refractivity contribution in [3.05, 3.63) is 65.1 Å². The van der Waals surface area contributed by atoms with Crippen LogP contribution in [0.4, 0.5) is 17.7 Å². The summed E-state index contributed by atoms with van der Waals surface area (Å²) in [4.78, 5) is 22.1. The Kier molecular flexibility index (Phi) is 6.02. The number of halogens is 1. The Hall–Kier alpha value is -2.97. The van der Waals surface area contributed by atoms with E-state index in [1.165, 1.54) is 0 Å². The van der Waals surface area contributed by atoms with Crippen molar-refractivity contribution in [2.24, 2.45) is 0 Å². The summed E-state index contributed by atoms with van der Waals surface area (Å²) in [5, 5.41) is 3.92. The number of nitrogens with two attached hydrogens (primary N) is 1. The van der Waals surface area contributed by atoms with Gasteiger partial charge in [0.15, 0.2) is 0 Å². The van der Waals surface area contributed by atoms with Gasteiger partial charge in [0.1, 0.15) is 11.6 Å². The van der Waals surface area contributed by atoms with Gasteiger partial charge >= 0.3 is 0 Å². The molecule has 3 heterocycles. The first-order chi connectivity index (χ1) is 14.2. The van der Waals surface area contributed by atoms with Crippen LogP contribution in [0.2, 0.25) is 5.02 Å². The van der Waals surface area contributed by atoms with Crippen LogP contribution in [0.3, 0.4) is 0 Å². The SMILES string of the molecule is Nc1nc(CN2CCN(c3ccccn3)CC2)nc(NCc2ccc(Cl)cc2)n1. The quantitative estimate of drug-likeness (QED) is 0.639. The summed E-state index contributed by atoms with van der Waals surface area (Å²) in [7, 11) is 0. The molecule has 0 unspecified atom stereocenters. The highest BCUT2D eigenvalue weighted by Crippen LogP contribution is 2.15. The van der Waals surface area contributed by atoms with E-state index in [0.717, 1.165) is 37.6 Å². The number of piperazine rings is 1. The van der Waals surface area contributed by atoms with Crippen molar-refractivity contribution in [1.29, 1.82) is 0 Å². The van der Waals surface area contributed by atoms with Crippen LogP contribution in [-0.4, -0.2) is 51.0 Å². The Morgan fingerprint density at radius 1 is 0.966 bits per heavy atom. The third-order valence-corrected chi connectivity index (χ3v) is 5.03. The van der Waals surface area contributed by atoms with E-state index in [2.05, 4.69) is 35.1 Å². The summed E-state index contributed by atoms with van der Waals surface area (Å²) in [6.07, 6.45) is 1.83. The van der Waals surface area contributed by atoms with Crippen molar-refractivity contribution in [3.63, 3.8) is 0 Å². The highest BCUT2D eigenvalue weighted by Gasteiger charge is 2.19. The second-order valence-electron chi connectivity index (χ2n) is 6.86. The number of benzene rings is 1. The molecule has 0 spiro atoms. The lowest BCUT2D eigenvalue weighted by Crippen LogP contribution is -2.46. The third-order valence-electron chi connectivity index (χ3n) is 4.77. The largest absolute Gasteiger partial charge is 0.368 e. The molecule has 1 aliphatic heterocycles. The van der Waals surface area contributed by atoms with E-state index in [0.29, 0.717) is 29.9 Å². The molecule has 0 atom stereocenters. The number of aromatic nitrogens is 4. The molecule has 0 bridgehead atoms. The monoisotopic (exact) mass is 410 g/mol. The van der Waals surface area contributed by atoms with Gasteiger partial charge in [-0.15, -0.1) is 0 Å². The predicted octanol–water partition coefficient (Wildman–Crippen LogP) is 2.44. The van der Waals surface area contributed by atoms with Gasteiger partial charge in [0, 0.05) is 43.9 Å². The molecule has 1 aliphatic rings. The first-order valence-corrected chi connectivity index (χ1v) is 9.90. The fourth-order valence-electron chi connectivity index (χ4n) is 3.25. The molecule has 1 aromatic carbocycles. The molecule has 150 valence electrons. The van der Waals surface area contributed by atoms with Gasteiger partial charge in [0.2, 0.25) is 11.9 Å². The summed E-state index contributed by atoms with van der Waals surface area (Å²) in [5.74, 6) is 2.39. The number of rotatable bonds is 6. The van der Waals surface area contributed by atoms with Crippen LogP contribution in [-0.2, 0) is 13.1 Å². The van der Waals surface area contributed by atoms with Gasteiger partial charge in [-0.3, -0.25) is 4.90 Å². The van der Waals surface area contributed by atoms with E-state index in [4.69, 9.17) is 17.3 Å². The Labute approximate surface area is 174 Å². The molecule has 4 rings (SSSR count). The maximum Gasteiger partial charge on any atom is 0.228 e. The average molecular weight is 411 g/mol. The molecule has 9 heteroatoms. The molecule has 0 radical (unpaired) electrons. The lowest BCUT2D eigenvalue weighted by Gasteiger charge is -2.34. The maximum absolute atomic E-state index is 5.93. The van der Waals surface area contributed by atoms with Crippen molar-refractivity contribution in [1.82, 2.24) is 24.8 Å². The van der Waals surface area contributed by atoms with Crippen LogP contribution in [0.15, 0.2) is 48.7 Å². The van der Waals surface area contributed by atoms with Crippen LogP contribution in [0.25, 0.3) is 0 Å². The minimum absolute atomic E-state index is 0.223. The number of nitrogens with zero attached hydrogens (tertiary/aromatic N) is 6. The van der Waals surface area contributed by atoms with Crippen molar-refractivity contribution in [2.75, 3.05) is 42.1 Å². The first kappa shape index (κ1) is 19.4. The minimum Gasteiger partial charge on any atom is -0.368 e. The second kappa shape index (κ2) is 9.02. The van der Waals surface area contributed by atoms with Crippen molar-refractivity contribution in [2.45, 2.75) is 13.1 Å². The smallest absolute Gasteiger partial charge is 0.228 e. The summed E-state index contributed by atoms with van der Waals surface area (Å²) in [6.45, 7) is 4.88. The van der Waals surface area contributed by atoms with E-state index in [-0.39, 0.29) is 5.95 Å². The normalized spacial score (nSPS) is 14.7. The highest BCUT2D eigenvalue weighted by molar-refractivity contribution is 6.30. The molecule has 0 amide bonds. The number of nitrogen functional groups attached to an aromatic ring is 1. The van der Waals surface area contributed by atoms with Crippen molar-refractivity contribution < 1.29 is 0 Å². The van der Waals surface area contributed by atoms with Crippen LogP contribution < -0.4 is 16.0 Å². The third kappa shape index (κ3) is 5.30. The zero-order chi connectivity index (χ0) is 20.1. The molecule has 2 aromatic heterocycles. The number of anilines is 3. The lowest BCUT2D eigenvalue weighted by molar-refractivity contribution is 0.243. The van der Waals surface area contributed by atoms with Gasteiger partial charge < -0.3 is 16.0 Å². The molecule has 8 nitrogen and oxygen atoms in total. The number of pyridine rings is 1. The van der Waals surface area contributed by atoms with Crippen LogP contribution >= 0.6 is 11.6 Å². The summed E-state index contributed by atoms with van der Waals surface area (Å²) in [5.41, 5.74) is 6.98. The topological polar surface area (TPSA) is 96.1 Å². The Morgan fingerprint density at radius 3 is 2.48 bits per heavy atom. The summed E-state index contributed by atoms with van der Waals surface area (Å²) >= 11 is 5.93. The van der Waals surface area contributed by atoms with E-state index in [1.807, 2.05) is 48.7 Å². The van der Waals surface area contributed by atoms with Crippen LogP contribution in [0, 0.1) is 0 Å². The van der Waals surface area contributed by atoms with E-state index >= 15 is 0 Å². The Balaban J connectivity index is 1.34. The molecule has 3 aromatic rings. The zero-order valence-electron chi connectivity index (χ0n) is 16.0. The molecule has 3 N–H and O–H groups in total. The van der Waals surface area contributed by atoms with Crippen molar-refractivity contribution >= 4 is 29.3 Å². The van der Waals surface area contributed by atoms with Crippen LogP contribution in [0.1, 0.15) is 11.4 Å². The Bertz CT molecular complexity index is 927. The van der Waals surface area contributed by atoms with E-state index in [9.17, 15) is 0 Å². The molecule has 0 saturated carbocycles. The van der Waals surface area contributed by atoms with Gasteiger partial charge in [-0.25, -0.2) is 4.98 Å². The summed E-state index contributed by atoms with van der Waals surface area (Å²) in [6, 6.07) is 13.6. The zero-order valence-corrected chi connectivity index (χ0v) is 16.8. The first-order valence-electron chi connectivity index (χ1n) is 9.53. The number of hydrogen-bond acceptors (Lipinski definition) is 8. The maximum atomic E-state index is 5.93. The molecular formula is C20H23ClN8. The molecule has 29 heavy (non-hydrogen) atoms. The van der Waals surface area contributed by atoms with Crippen molar-refractivity contribution in [3.8, 4) is 0 Å². The second-order valence-corrected chi connectivity index (χ2v) is 7.30. The molecule has 1 fully saturated rings. The van der Waals surface area contributed by atoms with Crippen LogP contribution in [0.5, 0.6) is 0 Å². The van der Waals surface area contributed by atoms with E-state index < -0.39 is 0 Å². The van der Waals surface area contributed by atoms with Gasteiger partial charge in [0.05, 0.1) is 6.54 Å². The lowest BCUT2D eigenvalue weighted by atomic mass is 10.2. The van der Waals surface area contributed by atoms with Gasteiger partial charge in [-0.2, -0.15) is 15.0 Å². The minimum atomic E-state index is 0.223. The number of nitrogens with one attached hydrogen (secondary N) is 1. The van der Waals surface area contributed by atoms with E-state index in [1.54, 1.807) is 0 Å². The van der Waals surface area contributed by atoms with Gasteiger partial charge in [-0.1, -0.05) is 29.8 Å². The van der Waals surface area contributed by atoms with Gasteiger partial charge in [-0.05, 0) is 29.8 Å². The fraction of sp³-hybridized carbons (Fsp3) is 0.300. The standard InChI is InChI=1S/C20H23ClN8/c21-16-6-4-15(5-7-16)13-24-20-26-17(25-19(22)27-20)14-28-9-11-29(12-10-28)18-3-1-2-8-23-18/h1-8H,9-14H2,(H3,22,24,25,26,27). The molecule has 1 saturated heterocycles.